The van der Waals surface area contributed by atoms with Crippen LogP contribution in [0.3, 0.4) is 0 Å². The van der Waals surface area contributed by atoms with E-state index in [0.717, 1.165) is 12.6 Å². The Morgan fingerprint density at radius 1 is 1.25 bits per heavy atom. The van der Waals surface area contributed by atoms with E-state index in [1.807, 2.05) is 0 Å². The zero-order valence-corrected chi connectivity index (χ0v) is 10.2. The third kappa shape index (κ3) is 1.82. The molecule has 86 valence electrons. The Bertz CT molecular complexity index is 396. The zero-order valence-electron chi connectivity index (χ0n) is 10.2. The average Bonchev–Trinajstić information content (AvgIpc) is 3.01. The number of likely N-dealkylation sites (N-methyl/N-ethyl adjacent to an activating group) is 1. The number of fused-ring (bicyclic) bond motifs is 1. The molecule has 1 unspecified atom stereocenters. The second-order valence-electron chi connectivity index (χ2n) is 5.31. The van der Waals surface area contributed by atoms with E-state index in [2.05, 4.69) is 42.4 Å². The highest BCUT2D eigenvalue weighted by molar-refractivity contribution is 5.61. The van der Waals surface area contributed by atoms with Crippen molar-refractivity contribution in [3.63, 3.8) is 0 Å². The van der Waals surface area contributed by atoms with Gasteiger partial charge in [-0.05, 0) is 37.3 Å². The van der Waals surface area contributed by atoms with Crippen LogP contribution in [-0.2, 0) is 6.42 Å². The summed E-state index contributed by atoms with van der Waals surface area (Å²) < 4.78 is 0. The fourth-order valence-electron chi connectivity index (χ4n) is 2.88. The molecule has 1 N–H and O–H groups in total. The van der Waals surface area contributed by atoms with Gasteiger partial charge in [-0.25, -0.2) is 0 Å². The summed E-state index contributed by atoms with van der Waals surface area (Å²) in [5, 5.41) is 3.74. The van der Waals surface area contributed by atoms with Gasteiger partial charge in [0.05, 0.1) is 0 Å². The van der Waals surface area contributed by atoms with Crippen LogP contribution in [0.5, 0.6) is 0 Å². The number of aryl methyl sites for hydroxylation is 1. The molecule has 0 saturated heterocycles. The lowest BCUT2D eigenvalue weighted by molar-refractivity contribution is 0.490. The third-order valence-electron chi connectivity index (χ3n) is 3.71. The van der Waals surface area contributed by atoms with Crippen LogP contribution in [-0.4, -0.2) is 25.7 Å². The second kappa shape index (κ2) is 3.77. The highest BCUT2D eigenvalue weighted by Gasteiger charge is 2.28. The minimum absolute atomic E-state index is 0.645. The summed E-state index contributed by atoms with van der Waals surface area (Å²) in [6, 6.07) is 8.13. The lowest BCUT2D eigenvalue weighted by Crippen LogP contribution is -2.45. The van der Waals surface area contributed by atoms with Crippen molar-refractivity contribution in [1.82, 2.24) is 5.32 Å². The van der Waals surface area contributed by atoms with Crippen LogP contribution in [0.4, 0.5) is 5.69 Å². The molecule has 1 heterocycles. The smallest absolute Gasteiger partial charge is 0.0427 e. The number of rotatable bonds is 2. The van der Waals surface area contributed by atoms with Gasteiger partial charge in [-0.1, -0.05) is 18.2 Å². The molecular formula is C14H20N2. The minimum Gasteiger partial charge on any atom is -0.373 e. The maximum Gasteiger partial charge on any atom is 0.0427 e. The van der Waals surface area contributed by atoms with Crippen LogP contribution in [0.1, 0.15) is 24.0 Å². The predicted molar refractivity (Wildman–Crippen MR) is 68.1 cm³/mol. The largest absolute Gasteiger partial charge is 0.373 e. The Kier molecular flexibility index (Phi) is 2.40. The molecule has 2 nitrogen and oxygen atoms in total. The topological polar surface area (TPSA) is 15.3 Å². The normalized spacial score (nSPS) is 24.4. The van der Waals surface area contributed by atoms with Crippen LogP contribution in [0.2, 0.25) is 0 Å². The van der Waals surface area contributed by atoms with E-state index in [9.17, 15) is 0 Å². The van der Waals surface area contributed by atoms with Crippen LogP contribution in [0.15, 0.2) is 18.2 Å². The molecule has 3 rings (SSSR count). The van der Waals surface area contributed by atoms with Crippen molar-refractivity contribution in [2.45, 2.75) is 38.3 Å². The van der Waals surface area contributed by atoms with Crippen molar-refractivity contribution >= 4 is 5.69 Å². The molecule has 0 radical (unpaired) electrons. The van der Waals surface area contributed by atoms with Gasteiger partial charge in [0.25, 0.3) is 0 Å². The van der Waals surface area contributed by atoms with E-state index in [4.69, 9.17) is 0 Å². The maximum absolute atomic E-state index is 3.74. The quantitative estimate of drug-likeness (QED) is 0.814. The van der Waals surface area contributed by atoms with E-state index < -0.39 is 0 Å². The fraction of sp³-hybridized carbons (Fsp3) is 0.571. The number of anilines is 1. The number of para-hydroxylation sites is 1. The van der Waals surface area contributed by atoms with Crippen molar-refractivity contribution in [2.75, 3.05) is 18.5 Å². The van der Waals surface area contributed by atoms with Gasteiger partial charge in [0.2, 0.25) is 0 Å². The van der Waals surface area contributed by atoms with Crippen LogP contribution in [0, 0.1) is 6.92 Å². The lowest BCUT2D eigenvalue weighted by Gasteiger charge is -2.35. The molecule has 0 amide bonds. The molecule has 1 atom stereocenters. The number of nitrogens with zero attached hydrogens (tertiary/aromatic N) is 1. The van der Waals surface area contributed by atoms with Gasteiger partial charge in [0, 0.05) is 31.4 Å². The van der Waals surface area contributed by atoms with Crippen molar-refractivity contribution in [3.8, 4) is 0 Å². The SMILES string of the molecule is Cc1cccc2c1N(C)CC(NC1CC1)C2. The summed E-state index contributed by atoms with van der Waals surface area (Å²) in [6.45, 7) is 3.36. The Morgan fingerprint density at radius 2 is 2.06 bits per heavy atom. The standard InChI is InChI=1S/C14H20N2/c1-10-4-3-5-11-8-13(15-12-6-7-12)9-16(2)14(10)11/h3-5,12-13,15H,6-9H2,1-2H3. The zero-order chi connectivity index (χ0) is 11.1. The summed E-state index contributed by atoms with van der Waals surface area (Å²) in [4.78, 5) is 2.41. The molecule has 1 aromatic carbocycles. The number of nitrogens with one attached hydrogen (secondary N) is 1. The van der Waals surface area contributed by atoms with E-state index >= 15 is 0 Å². The summed E-state index contributed by atoms with van der Waals surface area (Å²) in [6.07, 6.45) is 3.94. The highest BCUT2D eigenvalue weighted by Crippen LogP contribution is 2.30. The first kappa shape index (κ1) is 10.2. The molecule has 0 spiro atoms. The first-order valence-electron chi connectivity index (χ1n) is 6.29. The monoisotopic (exact) mass is 216 g/mol. The van der Waals surface area contributed by atoms with E-state index in [0.29, 0.717) is 6.04 Å². The highest BCUT2D eigenvalue weighted by atomic mass is 15.2. The van der Waals surface area contributed by atoms with Crippen molar-refractivity contribution in [1.29, 1.82) is 0 Å². The van der Waals surface area contributed by atoms with Crippen LogP contribution >= 0.6 is 0 Å². The first-order valence-corrected chi connectivity index (χ1v) is 6.29. The van der Waals surface area contributed by atoms with Crippen molar-refractivity contribution in [3.05, 3.63) is 29.3 Å². The number of hydrogen-bond donors (Lipinski definition) is 1. The Balaban J connectivity index is 1.84. The van der Waals surface area contributed by atoms with Gasteiger partial charge in [-0.2, -0.15) is 0 Å². The van der Waals surface area contributed by atoms with Gasteiger partial charge >= 0.3 is 0 Å². The van der Waals surface area contributed by atoms with Crippen molar-refractivity contribution in [2.24, 2.45) is 0 Å². The van der Waals surface area contributed by atoms with E-state index in [1.54, 1.807) is 0 Å². The number of hydrogen-bond acceptors (Lipinski definition) is 2. The van der Waals surface area contributed by atoms with Gasteiger partial charge in [-0.3, -0.25) is 0 Å². The summed E-state index contributed by atoms with van der Waals surface area (Å²) in [5.41, 5.74) is 4.37. The average molecular weight is 216 g/mol. The molecule has 0 aromatic heterocycles. The molecule has 0 bridgehead atoms. The molecule has 1 saturated carbocycles. The molecule has 1 aromatic rings. The third-order valence-corrected chi connectivity index (χ3v) is 3.71. The summed E-state index contributed by atoms with van der Waals surface area (Å²) >= 11 is 0. The molecular weight excluding hydrogens is 196 g/mol. The summed E-state index contributed by atoms with van der Waals surface area (Å²) in [5.74, 6) is 0. The fourth-order valence-corrected chi connectivity index (χ4v) is 2.88. The predicted octanol–water partition coefficient (Wildman–Crippen LogP) is 2.11. The van der Waals surface area contributed by atoms with Crippen LogP contribution in [0.25, 0.3) is 0 Å². The Hall–Kier alpha value is -1.02. The van der Waals surface area contributed by atoms with E-state index in [-0.39, 0.29) is 0 Å². The maximum atomic E-state index is 3.74. The first-order chi connectivity index (χ1) is 7.74. The Labute approximate surface area is 97.6 Å². The molecule has 2 aliphatic rings. The van der Waals surface area contributed by atoms with Crippen LogP contribution < -0.4 is 10.2 Å². The van der Waals surface area contributed by atoms with E-state index in [1.165, 1.54) is 36.1 Å². The number of benzene rings is 1. The lowest BCUT2D eigenvalue weighted by atomic mass is 9.95. The van der Waals surface area contributed by atoms with Gasteiger partial charge in [-0.15, -0.1) is 0 Å². The summed E-state index contributed by atoms with van der Waals surface area (Å²) in [7, 11) is 2.21. The Morgan fingerprint density at radius 3 is 2.81 bits per heavy atom. The van der Waals surface area contributed by atoms with Crippen molar-refractivity contribution < 1.29 is 0 Å². The molecule has 1 aliphatic carbocycles. The van der Waals surface area contributed by atoms with Gasteiger partial charge < -0.3 is 10.2 Å². The molecule has 1 aliphatic heterocycles. The second-order valence-corrected chi connectivity index (χ2v) is 5.31. The molecule has 1 fully saturated rings. The molecule has 2 heteroatoms. The van der Waals surface area contributed by atoms with Gasteiger partial charge in [0.1, 0.15) is 0 Å². The minimum atomic E-state index is 0.645. The van der Waals surface area contributed by atoms with Gasteiger partial charge in [0.15, 0.2) is 0 Å². The molecule has 16 heavy (non-hydrogen) atoms.